The topological polar surface area (TPSA) is 64.6 Å². The first-order valence-corrected chi connectivity index (χ1v) is 8.63. The third kappa shape index (κ3) is 5.38. The molecule has 0 aromatic heterocycles. The molecule has 2 aromatic carbocycles. The maximum atomic E-state index is 12.0. The molecule has 0 spiro atoms. The molecular formula is C19H19Cl2NO4. The van der Waals surface area contributed by atoms with Crippen LogP contribution in [0.25, 0.3) is 0 Å². The van der Waals surface area contributed by atoms with Crippen LogP contribution in [-0.4, -0.2) is 25.1 Å². The van der Waals surface area contributed by atoms with Gasteiger partial charge >= 0.3 is 5.97 Å². The average molecular weight is 396 g/mol. The van der Waals surface area contributed by atoms with Gasteiger partial charge < -0.3 is 14.8 Å². The second-order valence-electron chi connectivity index (χ2n) is 5.82. The molecule has 0 aliphatic heterocycles. The zero-order chi connectivity index (χ0) is 19.3. The molecule has 0 saturated carbocycles. The van der Waals surface area contributed by atoms with Crippen LogP contribution in [0.15, 0.2) is 30.3 Å². The molecule has 0 radical (unpaired) electrons. The Morgan fingerprint density at radius 1 is 1.00 bits per heavy atom. The molecule has 138 valence electrons. The molecule has 0 saturated heterocycles. The largest absolute Gasteiger partial charge is 0.482 e. The van der Waals surface area contributed by atoms with Crippen LogP contribution in [0.4, 0.5) is 5.69 Å². The van der Waals surface area contributed by atoms with Gasteiger partial charge in [0.25, 0.3) is 5.91 Å². The maximum Gasteiger partial charge on any atom is 0.344 e. The van der Waals surface area contributed by atoms with Gasteiger partial charge in [0.2, 0.25) is 0 Å². The minimum absolute atomic E-state index is 0.288. The fourth-order valence-electron chi connectivity index (χ4n) is 2.13. The Labute approximate surface area is 162 Å². The van der Waals surface area contributed by atoms with E-state index < -0.39 is 18.5 Å². The number of hydrogen-bond donors (Lipinski definition) is 1. The monoisotopic (exact) mass is 395 g/mol. The molecule has 1 amide bonds. The zero-order valence-electron chi connectivity index (χ0n) is 14.7. The fraction of sp³-hybridized carbons (Fsp3) is 0.263. The van der Waals surface area contributed by atoms with Gasteiger partial charge in [0.1, 0.15) is 5.75 Å². The summed E-state index contributed by atoms with van der Waals surface area (Å²) in [5.74, 6) is -0.591. The highest BCUT2D eigenvalue weighted by molar-refractivity contribution is 6.40. The molecule has 0 heterocycles. The Balaban J connectivity index is 1.85. The van der Waals surface area contributed by atoms with Crippen molar-refractivity contribution in [2.45, 2.75) is 20.8 Å². The Kier molecular flexibility index (Phi) is 6.89. The third-order valence-corrected chi connectivity index (χ3v) is 4.40. The lowest BCUT2D eigenvalue weighted by molar-refractivity contribution is -0.149. The fourth-order valence-corrected chi connectivity index (χ4v) is 2.60. The number of nitrogens with one attached hydrogen (secondary N) is 1. The summed E-state index contributed by atoms with van der Waals surface area (Å²) in [6, 6.07) is 9.05. The lowest BCUT2D eigenvalue weighted by atomic mass is 10.1. The Morgan fingerprint density at radius 3 is 2.42 bits per heavy atom. The van der Waals surface area contributed by atoms with Crippen molar-refractivity contribution in [1.29, 1.82) is 0 Å². The van der Waals surface area contributed by atoms with E-state index in [1.807, 2.05) is 32.0 Å². The van der Waals surface area contributed by atoms with Crippen molar-refractivity contribution in [3.05, 3.63) is 57.1 Å². The molecule has 2 rings (SSSR count). The molecule has 7 heteroatoms. The van der Waals surface area contributed by atoms with Gasteiger partial charge in [0, 0.05) is 0 Å². The highest BCUT2D eigenvalue weighted by Gasteiger charge is 2.14. The lowest BCUT2D eigenvalue weighted by Crippen LogP contribution is -2.24. The molecule has 0 bridgehead atoms. The van der Waals surface area contributed by atoms with E-state index in [1.54, 1.807) is 19.1 Å². The quantitative estimate of drug-likeness (QED) is 0.732. The van der Waals surface area contributed by atoms with Gasteiger partial charge in [-0.3, -0.25) is 4.79 Å². The zero-order valence-corrected chi connectivity index (χ0v) is 16.2. The average Bonchev–Trinajstić information content (AvgIpc) is 2.61. The van der Waals surface area contributed by atoms with Crippen LogP contribution in [0.1, 0.15) is 16.7 Å². The van der Waals surface area contributed by atoms with Crippen LogP contribution >= 0.6 is 23.2 Å². The first-order valence-electron chi connectivity index (χ1n) is 7.88. The van der Waals surface area contributed by atoms with E-state index in [-0.39, 0.29) is 6.61 Å². The summed E-state index contributed by atoms with van der Waals surface area (Å²) in [7, 11) is 0. The second-order valence-corrected chi connectivity index (χ2v) is 6.60. The summed E-state index contributed by atoms with van der Waals surface area (Å²) < 4.78 is 10.4. The summed E-state index contributed by atoms with van der Waals surface area (Å²) in [6.07, 6.45) is 0. The minimum atomic E-state index is -0.650. The van der Waals surface area contributed by atoms with Gasteiger partial charge in [0.05, 0.1) is 15.7 Å². The van der Waals surface area contributed by atoms with Crippen LogP contribution in [0.3, 0.4) is 0 Å². The van der Waals surface area contributed by atoms with E-state index in [4.69, 9.17) is 32.7 Å². The van der Waals surface area contributed by atoms with Crippen molar-refractivity contribution >= 4 is 40.8 Å². The Bertz CT molecular complexity index is 837. The second kappa shape index (κ2) is 8.92. The van der Waals surface area contributed by atoms with Crippen LogP contribution in [0.2, 0.25) is 10.0 Å². The summed E-state index contributed by atoms with van der Waals surface area (Å²) in [4.78, 5) is 23.7. The van der Waals surface area contributed by atoms with Crippen LogP contribution in [0.5, 0.6) is 5.75 Å². The standard InChI is InChI=1S/C19H19Cl2NO4/c1-11-4-5-12(2)15(8-11)25-10-17(24)26-9-16(23)22-19-14(20)7-6-13(3)18(19)21/h4-8H,9-10H2,1-3H3,(H,22,23). The molecule has 0 aliphatic rings. The van der Waals surface area contributed by atoms with Gasteiger partial charge in [-0.1, -0.05) is 41.4 Å². The molecule has 26 heavy (non-hydrogen) atoms. The first-order chi connectivity index (χ1) is 12.3. The van der Waals surface area contributed by atoms with E-state index in [0.29, 0.717) is 21.5 Å². The van der Waals surface area contributed by atoms with Crippen molar-refractivity contribution < 1.29 is 19.1 Å². The number of rotatable bonds is 6. The number of anilines is 1. The van der Waals surface area contributed by atoms with E-state index in [9.17, 15) is 9.59 Å². The van der Waals surface area contributed by atoms with Crippen LogP contribution in [-0.2, 0) is 14.3 Å². The first kappa shape index (κ1) is 20.1. The summed E-state index contributed by atoms with van der Waals surface area (Å²) in [6.45, 7) is 4.84. The SMILES string of the molecule is Cc1ccc(C)c(OCC(=O)OCC(=O)Nc2c(Cl)ccc(C)c2Cl)c1. The smallest absolute Gasteiger partial charge is 0.344 e. The number of benzene rings is 2. The predicted octanol–water partition coefficient (Wildman–Crippen LogP) is 4.48. The number of carbonyl (C=O) groups is 2. The molecule has 0 unspecified atom stereocenters. The van der Waals surface area contributed by atoms with Gasteiger partial charge in [-0.2, -0.15) is 0 Å². The van der Waals surface area contributed by atoms with E-state index in [2.05, 4.69) is 5.32 Å². The molecule has 2 aromatic rings. The maximum absolute atomic E-state index is 12.0. The number of aryl methyl sites for hydroxylation is 3. The summed E-state index contributed by atoms with van der Waals surface area (Å²) in [5.41, 5.74) is 2.99. The third-order valence-electron chi connectivity index (χ3n) is 3.60. The number of amides is 1. The minimum Gasteiger partial charge on any atom is -0.482 e. The molecular weight excluding hydrogens is 377 g/mol. The van der Waals surface area contributed by atoms with Crippen molar-refractivity contribution in [2.75, 3.05) is 18.5 Å². The van der Waals surface area contributed by atoms with Crippen LogP contribution < -0.4 is 10.1 Å². The van der Waals surface area contributed by atoms with E-state index in [0.717, 1.165) is 16.7 Å². The molecule has 0 fully saturated rings. The van der Waals surface area contributed by atoms with Crippen molar-refractivity contribution in [2.24, 2.45) is 0 Å². The molecule has 5 nitrogen and oxygen atoms in total. The Morgan fingerprint density at radius 2 is 1.69 bits per heavy atom. The molecule has 0 aliphatic carbocycles. The van der Waals surface area contributed by atoms with Gasteiger partial charge in [-0.25, -0.2) is 4.79 Å². The molecule has 0 atom stereocenters. The van der Waals surface area contributed by atoms with Crippen LogP contribution in [0, 0.1) is 20.8 Å². The normalized spacial score (nSPS) is 10.3. The van der Waals surface area contributed by atoms with Crippen molar-refractivity contribution in [3.8, 4) is 5.75 Å². The van der Waals surface area contributed by atoms with Crippen molar-refractivity contribution in [1.82, 2.24) is 0 Å². The highest BCUT2D eigenvalue weighted by atomic mass is 35.5. The van der Waals surface area contributed by atoms with E-state index in [1.165, 1.54) is 0 Å². The Hall–Kier alpha value is -2.24. The van der Waals surface area contributed by atoms with E-state index >= 15 is 0 Å². The van der Waals surface area contributed by atoms with Gasteiger partial charge in [-0.05, 0) is 49.6 Å². The predicted molar refractivity (Wildman–Crippen MR) is 102 cm³/mol. The number of esters is 1. The van der Waals surface area contributed by atoms with Gasteiger partial charge in [-0.15, -0.1) is 0 Å². The van der Waals surface area contributed by atoms with Gasteiger partial charge in [0.15, 0.2) is 13.2 Å². The number of hydrogen-bond acceptors (Lipinski definition) is 4. The number of carbonyl (C=O) groups excluding carboxylic acids is 2. The highest BCUT2D eigenvalue weighted by Crippen LogP contribution is 2.32. The van der Waals surface area contributed by atoms with Crippen molar-refractivity contribution in [3.63, 3.8) is 0 Å². The number of halogens is 2. The summed E-state index contributed by atoms with van der Waals surface area (Å²) in [5, 5.41) is 3.19. The number of ether oxygens (including phenoxy) is 2. The molecule has 1 N–H and O–H groups in total. The lowest BCUT2D eigenvalue weighted by Gasteiger charge is -2.12. The summed E-state index contributed by atoms with van der Waals surface area (Å²) >= 11 is 12.1.